The zero-order chi connectivity index (χ0) is 16.2. The number of thiophene rings is 1. The fourth-order valence-corrected chi connectivity index (χ4v) is 3.14. The van der Waals surface area contributed by atoms with E-state index in [1.807, 2.05) is 42.6 Å². The van der Waals surface area contributed by atoms with Crippen LogP contribution >= 0.6 is 36.2 Å². The summed E-state index contributed by atoms with van der Waals surface area (Å²) >= 11 is 1.64. The highest BCUT2D eigenvalue weighted by Crippen LogP contribution is 2.32. The number of aromatic nitrogens is 1. The molecule has 0 saturated carbocycles. The molecule has 0 aliphatic rings. The largest absolute Gasteiger partial charge is 0.324 e. The van der Waals surface area contributed by atoms with E-state index in [4.69, 9.17) is 5.73 Å². The standard InChI is InChI=1S/C18H17N3OS.2ClH/c1-12(19)15-5-4-13(11-16(15)17-3-2-10-23-17)18(22)21-14-6-8-20-9-7-14;;/h2-12H,19H2,1H3,(H,20,21,22);2*1H. The molecule has 4 nitrogen and oxygen atoms in total. The number of rotatable bonds is 4. The number of carbonyl (C=O) groups excluding carboxylic acids is 1. The average molecular weight is 396 g/mol. The molecule has 0 fully saturated rings. The monoisotopic (exact) mass is 395 g/mol. The predicted molar refractivity (Wildman–Crippen MR) is 109 cm³/mol. The normalized spacial score (nSPS) is 11.0. The Morgan fingerprint density at radius 1 is 1.16 bits per heavy atom. The summed E-state index contributed by atoms with van der Waals surface area (Å²) in [5.74, 6) is -0.148. The van der Waals surface area contributed by atoms with Gasteiger partial charge in [-0.15, -0.1) is 36.2 Å². The van der Waals surface area contributed by atoms with E-state index in [0.29, 0.717) is 5.56 Å². The molecule has 1 aromatic carbocycles. The molecule has 1 unspecified atom stereocenters. The van der Waals surface area contributed by atoms with Crippen molar-refractivity contribution in [2.75, 3.05) is 5.32 Å². The minimum atomic E-state index is -0.148. The first-order valence-electron chi connectivity index (χ1n) is 7.30. The Labute approximate surface area is 163 Å². The van der Waals surface area contributed by atoms with Gasteiger partial charge in [-0.1, -0.05) is 12.1 Å². The van der Waals surface area contributed by atoms with Gasteiger partial charge in [0.05, 0.1) is 0 Å². The Kier molecular flexibility index (Phi) is 8.06. The number of benzene rings is 1. The number of halogens is 2. The Morgan fingerprint density at radius 3 is 2.48 bits per heavy atom. The zero-order valence-corrected chi connectivity index (χ0v) is 16.0. The van der Waals surface area contributed by atoms with Crippen molar-refractivity contribution in [3.63, 3.8) is 0 Å². The molecule has 132 valence electrons. The van der Waals surface area contributed by atoms with Crippen LogP contribution in [-0.2, 0) is 0 Å². The van der Waals surface area contributed by atoms with Crippen molar-refractivity contribution in [3.05, 3.63) is 71.4 Å². The van der Waals surface area contributed by atoms with Crippen LogP contribution < -0.4 is 11.1 Å². The summed E-state index contributed by atoms with van der Waals surface area (Å²) in [7, 11) is 0. The third-order valence-corrected chi connectivity index (χ3v) is 4.43. The van der Waals surface area contributed by atoms with Crippen molar-refractivity contribution in [1.29, 1.82) is 0 Å². The summed E-state index contributed by atoms with van der Waals surface area (Å²) < 4.78 is 0. The Bertz CT molecular complexity index is 808. The van der Waals surface area contributed by atoms with Crippen molar-refractivity contribution in [3.8, 4) is 10.4 Å². The van der Waals surface area contributed by atoms with Gasteiger partial charge in [-0.25, -0.2) is 0 Å². The molecule has 1 amide bonds. The van der Waals surface area contributed by atoms with E-state index in [1.165, 1.54) is 0 Å². The van der Waals surface area contributed by atoms with Crippen LogP contribution in [0.3, 0.4) is 0 Å². The summed E-state index contributed by atoms with van der Waals surface area (Å²) in [6.45, 7) is 1.95. The summed E-state index contributed by atoms with van der Waals surface area (Å²) in [5.41, 5.74) is 9.44. The number of hydrogen-bond donors (Lipinski definition) is 2. The van der Waals surface area contributed by atoms with Crippen LogP contribution in [0.15, 0.2) is 60.2 Å². The molecule has 0 bridgehead atoms. The number of nitrogens with two attached hydrogens (primary N) is 1. The van der Waals surface area contributed by atoms with Crippen LogP contribution in [0.1, 0.15) is 28.9 Å². The van der Waals surface area contributed by atoms with Crippen LogP contribution in [0.4, 0.5) is 5.69 Å². The van der Waals surface area contributed by atoms with Crippen molar-refractivity contribution in [1.82, 2.24) is 4.98 Å². The average Bonchev–Trinajstić information content (AvgIpc) is 3.09. The van der Waals surface area contributed by atoms with Gasteiger partial charge in [0.1, 0.15) is 0 Å². The SMILES string of the molecule is CC(N)c1ccc(C(=O)Nc2ccncc2)cc1-c1cccs1.Cl.Cl. The highest BCUT2D eigenvalue weighted by atomic mass is 35.5. The Balaban J connectivity index is 0.00000156. The fourth-order valence-electron chi connectivity index (χ4n) is 2.38. The third kappa shape index (κ3) is 5.03. The molecule has 3 rings (SSSR count). The van der Waals surface area contributed by atoms with Gasteiger partial charge >= 0.3 is 0 Å². The number of hydrogen-bond acceptors (Lipinski definition) is 4. The van der Waals surface area contributed by atoms with Crippen LogP contribution in [0.5, 0.6) is 0 Å². The lowest BCUT2D eigenvalue weighted by Gasteiger charge is -2.14. The highest BCUT2D eigenvalue weighted by molar-refractivity contribution is 7.13. The molecule has 2 aromatic heterocycles. The van der Waals surface area contributed by atoms with Crippen molar-refractivity contribution >= 4 is 47.7 Å². The first kappa shape index (κ1) is 21.1. The summed E-state index contributed by atoms with van der Waals surface area (Å²) in [6, 6.07) is 13.1. The van der Waals surface area contributed by atoms with E-state index in [9.17, 15) is 4.79 Å². The minimum absolute atomic E-state index is 0. The highest BCUT2D eigenvalue weighted by Gasteiger charge is 2.14. The van der Waals surface area contributed by atoms with Crippen LogP contribution in [0.25, 0.3) is 10.4 Å². The van der Waals surface area contributed by atoms with Crippen LogP contribution in [0, 0.1) is 0 Å². The number of amides is 1. The van der Waals surface area contributed by atoms with Gasteiger partial charge in [0.2, 0.25) is 0 Å². The lowest BCUT2D eigenvalue weighted by molar-refractivity contribution is 0.102. The second-order valence-electron chi connectivity index (χ2n) is 5.26. The Morgan fingerprint density at radius 2 is 1.88 bits per heavy atom. The number of carbonyl (C=O) groups is 1. The second kappa shape index (κ2) is 9.53. The van der Waals surface area contributed by atoms with Crippen molar-refractivity contribution in [2.45, 2.75) is 13.0 Å². The lowest BCUT2D eigenvalue weighted by atomic mass is 9.98. The number of anilines is 1. The summed E-state index contributed by atoms with van der Waals surface area (Å²) in [6.07, 6.45) is 3.29. The van der Waals surface area contributed by atoms with E-state index < -0.39 is 0 Å². The molecule has 25 heavy (non-hydrogen) atoms. The first-order chi connectivity index (χ1) is 11.1. The maximum atomic E-state index is 12.5. The maximum absolute atomic E-state index is 12.5. The molecule has 3 N–H and O–H groups in total. The Hall–Kier alpha value is -1.92. The molecule has 0 saturated heterocycles. The van der Waals surface area contributed by atoms with E-state index in [-0.39, 0.29) is 36.8 Å². The lowest BCUT2D eigenvalue weighted by Crippen LogP contribution is -2.13. The van der Waals surface area contributed by atoms with Crippen LogP contribution in [-0.4, -0.2) is 10.9 Å². The molecule has 0 spiro atoms. The van der Waals surface area contributed by atoms with E-state index >= 15 is 0 Å². The van der Waals surface area contributed by atoms with Gasteiger partial charge in [0.15, 0.2) is 0 Å². The first-order valence-corrected chi connectivity index (χ1v) is 8.18. The molecular formula is C18H19Cl2N3OS. The van der Waals surface area contributed by atoms with Gasteiger partial charge in [0.25, 0.3) is 5.91 Å². The van der Waals surface area contributed by atoms with Crippen molar-refractivity contribution < 1.29 is 4.79 Å². The fraction of sp³-hybridized carbons (Fsp3) is 0.111. The summed E-state index contributed by atoms with van der Waals surface area (Å²) in [5, 5.41) is 4.89. The molecule has 0 aliphatic carbocycles. The van der Waals surface area contributed by atoms with E-state index in [0.717, 1.165) is 21.7 Å². The van der Waals surface area contributed by atoms with Gasteiger partial charge in [-0.2, -0.15) is 0 Å². The van der Waals surface area contributed by atoms with Gasteiger partial charge in [-0.05, 0) is 53.8 Å². The number of pyridine rings is 1. The predicted octanol–water partition coefficient (Wildman–Crippen LogP) is 4.93. The molecule has 2 heterocycles. The molecular weight excluding hydrogens is 377 g/mol. The molecule has 1 atom stereocenters. The maximum Gasteiger partial charge on any atom is 0.255 e. The van der Waals surface area contributed by atoms with Crippen molar-refractivity contribution in [2.24, 2.45) is 5.73 Å². The molecule has 3 aromatic rings. The smallest absolute Gasteiger partial charge is 0.255 e. The van der Waals surface area contributed by atoms with Crippen LogP contribution in [0.2, 0.25) is 0 Å². The summed E-state index contributed by atoms with van der Waals surface area (Å²) in [4.78, 5) is 17.5. The third-order valence-electron chi connectivity index (χ3n) is 3.53. The van der Waals surface area contributed by atoms with E-state index in [1.54, 1.807) is 35.9 Å². The minimum Gasteiger partial charge on any atom is -0.324 e. The zero-order valence-electron chi connectivity index (χ0n) is 13.5. The van der Waals surface area contributed by atoms with Gasteiger partial charge in [0, 0.05) is 34.6 Å². The second-order valence-corrected chi connectivity index (χ2v) is 6.21. The number of nitrogens with zero attached hydrogens (tertiary/aromatic N) is 1. The molecule has 0 aliphatic heterocycles. The topological polar surface area (TPSA) is 68.0 Å². The van der Waals surface area contributed by atoms with Gasteiger partial charge < -0.3 is 11.1 Å². The van der Waals surface area contributed by atoms with E-state index in [2.05, 4.69) is 10.3 Å². The van der Waals surface area contributed by atoms with Gasteiger partial charge in [-0.3, -0.25) is 9.78 Å². The number of nitrogens with one attached hydrogen (secondary N) is 1. The quantitative estimate of drug-likeness (QED) is 0.657. The molecule has 0 radical (unpaired) electrons. The molecule has 7 heteroatoms.